The Kier molecular flexibility index (Phi) is 17.7. The predicted octanol–water partition coefficient (Wildman–Crippen LogP) is 7.08. The molecule has 0 bridgehead atoms. The molecule has 1 heteroatoms. The molecule has 0 radical (unpaired) electrons. The third-order valence-corrected chi connectivity index (χ3v) is 3.26. The normalized spacial score (nSPS) is 12.5. The average molecular weight is 290 g/mol. The Bertz CT molecular complexity index is 267. The van der Waals surface area contributed by atoms with Gasteiger partial charge in [0.1, 0.15) is 0 Å². The van der Waals surface area contributed by atoms with Crippen LogP contribution in [0.1, 0.15) is 78.1 Å². The molecule has 21 heavy (non-hydrogen) atoms. The molecule has 0 amide bonds. The first-order chi connectivity index (χ1) is 10.4. The van der Waals surface area contributed by atoms with Crippen LogP contribution in [0.4, 0.5) is 0 Å². The van der Waals surface area contributed by atoms with E-state index in [1.165, 1.54) is 64.2 Å². The van der Waals surface area contributed by atoms with E-state index in [4.69, 9.17) is 4.74 Å². The highest BCUT2D eigenvalue weighted by Crippen LogP contribution is 2.03. The predicted molar refractivity (Wildman–Crippen MR) is 95.2 cm³/mol. The van der Waals surface area contributed by atoms with Gasteiger partial charge < -0.3 is 4.74 Å². The van der Waals surface area contributed by atoms with Gasteiger partial charge >= 0.3 is 0 Å². The average Bonchev–Trinajstić information content (AvgIpc) is 2.50. The van der Waals surface area contributed by atoms with Crippen molar-refractivity contribution in [3.8, 4) is 0 Å². The summed E-state index contributed by atoms with van der Waals surface area (Å²) in [4.78, 5) is 0. The summed E-state index contributed by atoms with van der Waals surface area (Å²) >= 11 is 0. The summed E-state index contributed by atoms with van der Waals surface area (Å²) in [5, 5.41) is 0. The first-order valence-corrected chi connectivity index (χ1v) is 8.70. The number of hydrogen-bond acceptors (Lipinski definition) is 1. The zero-order chi connectivity index (χ0) is 15.4. The lowest BCUT2D eigenvalue weighted by atomic mass is 10.1. The van der Waals surface area contributed by atoms with E-state index in [1.54, 1.807) is 12.5 Å². The lowest BCUT2D eigenvalue weighted by Crippen LogP contribution is -1.73. The molecule has 120 valence electrons. The van der Waals surface area contributed by atoms with E-state index >= 15 is 0 Å². The minimum absolute atomic E-state index is 1.17. The molecular weight excluding hydrogens is 256 g/mol. The van der Waals surface area contributed by atoms with E-state index in [9.17, 15) is 0 Å². The van der Waals surface area contributed by atoms with Crippen LogP contribution in [0.3, 0.4) is 0 Å². The van der Waals surface area contributed by atoms with E-state index in [0.29, 0.717) is 0 Å². The fraction of sp³-hybridized carbons (Fsp3) is 0.600. The van der Waals surface area contributed by atoms with Crippen molar-refractivity contribution >= 4 is 0 Å². The van der Waals surface area contributed by atoms with Gasteiger partial charge in [0.2, 0.25) is 0 Å². The number of hydrogen-bond donors (Lipinski definition) is 0. The Hall–Kier alpha value is -1.24. The molecular formula is C20H34O. The Morgan fingerprint density at radius 1 is 0.571 bits per heavy atom. The van der Waals surface area contributed by atoms with Crippen LogP contribution in [0.15, 0.2) is 49.0 Å². The molecule has 0 saturated carbocycles. The lowest BCUT2D eigenvalue weighted by molar-refractivity contribution is 0.403. The van der Waals surface area contributed by atoms with Gasteiger partial charge in [-0.3, -0.25) is 0 Å². The van der Waals surface area contributed by atoms with Crippen LogP contribution in [-0.2, 0) is 4.74 Å². The topological polar surface area (TPSA) is 9.23 Å². The smallest absolute Gasteiger partial charge is 0.0901 e. The summed E-state index contributed by atoms with van der Waals surface area (Å²) in [6.07, 6.45) is 28.8. The molecule has 0 aliphatic rings. The number of rotatable bonds is 14. The van der Waals surface area contributed by atoms with Crippen molar-refractivity contribution in [3.63, 3.8) is 0 Å². The summed E-state index contributed by atoms with van der Waals surface area (Å²) in [6, 6.07) is 0. The number of ether oxygens (including phenoxy) is 1. The van der Waals surface area contributed by atoms with E-state index in [1.807, 2.05) is 12.2 Å². The lowest BCUT2D eigenvalue weighted by Gasteiger charge is -1.93. The maximum absolute atomic E-state index is 5.26. The van der Waals surface area contributed by atoms with E-state index in [-0.39, 0.29) is 0 Å². The van der Waals surface area contributed by atoms with Gasteiger partial charge in [-0.2, -0.15) is 0 Å². The third kappa shape index (κ3) is 18.8. The maximum Gasteiger partial charge on any atom is 0.0901 e. The molecule has 1 nitrogen and oxygen atoms in total. The fourth-order valence-electron chi connectivity index (χ4n) is 1.95. The van der Waals surface area contributed by atoms with Crippen molar-refractivity contribution in [1.82, 2.24) is 0 Å². The molecule has 0 aliphatic carbocycles. The molecule has 0 aromatic rings. The minimum Gasteiger partial charge on any atom is -0.473 e. The van der Waals surface area contributed by atoms with E-state index in [0.717, 1.165) is 0 Å². The van der Waals surface area contributed by atoms with Gasteiger partial charge in [0.05, 0.1) is 12.5 Å². The first-order valence-electron chi connectivity index (χ1n) is 8.70. The maximum atomic E-state index is 5.26. The second kappa shape index (κ2) is 18.8. The summed E-state index contributed by atoms with van der Waals surface area (Å²) in [5.74, 6) is 0. The van der Waals surface area contributed by atoms with Crippen molar-refractivity contribution in [2.45, 2.75) is 78.1 Å². The van der Waals surface area contributed by atoms with Gasteiger partial charge in [0, 0.05) is 0 Å². The second-order valence-corrected chi connectivity index (χ2v) is 5.35. The van der Waals surface area contributed by atoms with Crippen molar-refractivity contribution in [2.24, 2.45) is 0 Å². The Morgan fingerprint density at radius 2 is 1.05 bits per heavy atom. The molecule has 0 saturated heterocycles. The van der Waals surface area contributed by atoms with Gasteiger partial charge in [0.15, 0.2) is 0 Å². The molecule has 0 atom stereocenters. The van der Waals surface area contributed by atoms with Crippen LogP contribution in [-0.4, -0.2) is 0 Å². The molecule has 0 aromatic heterocycles. The van der Waals surface area contributed by atoms with Gasteiger partial charge in [0.25, 0.3) is 0 Å². The molecule has 0 rings (SSSR count). The Labute approximate surface area is 132 Å². The van der Waals surface area contributed by atoms with Crippen molar-refractivity contribution in [3.05, 3.63) is 49.0 Å². The molecule has 0 fully saturated rings. The highest BCUT2D eigenvalue weighted by atomic mass is 16.5. The number of allylic oxidation sites excluding steroid dienone is 6. The summed E-state index contributed by atoms with van der Waals surface area (Å²) < 4.78 is 5.26. The van der Waals surface area contributed by atoms with Crippen LogP contribution in [0.25, 0.3) is 0 Å². The van der Waals surface area contributed by atoms with Crippen molar-refractivity contribution in [2.75, 3.05) is 0 Å². The fourth-order valence-corrected chi connectivity index (χ4v) is 1.95. The Morgan fingerprint density at radius 3 is 1.48 bits per heavy atom. The largest absolute Gasteiger partial charge is 0.473 e. The van der Waals surface area contributed by atoms with Gasteiger partial charge in [-0.05, 0) is 37.8 Å². The molecule has 0 heterocycles. The zero-order valence-electron chi connectivity index (χ0n) is 14.1. The van der Waals surface area contributed by atoms with Gasteiger partial charge in [-0.15, -0.1) is 0 Å². The summed E-state index contributed by atoms with van der Waals surface area (Å²) in [6.45, 7) is 4.48. The van der Waals surface area contributed by atoms with Crippen LogP contribution >= 0.6 is 0 Å². The number of unbranched alkanes of at least 4 members (excludes halogenated alkanes) is 8. The molecule has 0 N–H and O–H groups in total. The van der Waals surface area contributed by atoms with E-state index < -0.39 is 0 Å². The van der Waals surface area contributed by atoms with Crippen LogP contribution in [0.2, 0.25) is 0 Å². The minimum atomic E-state index is 1.17. The van der Waals surface area contributed by atoms with Crippen LogP contribution in [0, 0.1) is 0 Å². The molecule has 0 aliphatic heterocycles. The summed E-state index contributed by atoms with van der Waals surface area (Å²) in [5.41, 5.74) is 0. The molecule has 0 aromatic carbocycles. The molecule has 0 spiro atoms. The van der Waals surface area contributed by atoms with Gasteiger partial charge in [-0.1, -0.05) is 76.7 Å². The first kappa shape index (κ1) is 19.8. The van der Waals surface area contributed by atoms with Crippen LogP contribution in [0.5, 0.6) is 0 Å². The van der Waals surface area contributed by atoms with Gasteiger partial charge in [-0.25, -0.2) is 0 Å². The third-order valence-electron chi connectivity index (χ3n) is 3.26. The van der Waals surface area contributed by atoms with Crippen LogP contribution < -0.4 is 0 Å². The standard InChI is InChI=1S/C20H34O/c1-3-5-7-9-11-13-15-17-19-21-20-18-16-14-12-10-8-6-4-2/h13-20H,3-12H2,1-2H3/b15-13+,16-14+,19-17+,20-18+. The van der Waals surface area contributed by atoms with Crippen molar-refractivity contribution in [1.29, 1.82) is 0 Å². The van der Waals surface area contributed by atoms with E-state index in [2.05, 4.69) is 38.2 Å². The summed E-state index contributed by atoms with van der Waals surface area (Å²) in [7, 11) is 0. The Balaban J connectivity index is 3.38. The zero-order valence-corrected chi connectivity index (χ0v) is 14.1. The SMILES string of the molecule is CCCCCC/C=C/C=C/O/C=C/C=C/CCCCCC. The molecule has 0 unspecified atom stereocenters. The monoisotopic (exact) mass is 290 g/mol. The highest BCUT2D eigenvalue weighted by Gasteiger charge is 1.83. The highest BCUT2D eigenvalue weighted by molar-refractivity contribution is 5.02. The van der Waals surface area contributed by atoms with Crippen molar-refractivity contribution < 1.29 is 4.74 Å². The second-order valence-electron chi connectivity index (χ2n) is 5.35. The quantitative estimate of drug-likeness (QED) is 0.188.